The maximum absolute atomic E-state index is 12.2. The predicted molar refractivity (Wildman–Crippen MR) is 95.3 cm³/mol. The second kappa shape index (κ2) is 8.89. The Balaban J connectivity index is 1.81. The van der Waals surface area contributed by atoms with Crippen molar-refractivity contribution >= 4 is 17.7 Å². The Morgan fingerprint density at radius 1 is 1.12 bits per heavy atom. The van der Waals surface area contributed by atoms with Gasteiger partial charge in [-0.25, -0.2) is 9.48 Å². The van der Waals surface area contributed by atoms with E-state index in [-0.39, 0.29) is 12.6 Å². The van der Waals surface area contributed by atoms with Crippen molar-refractivity contribution in [1.29, 1.82) is 0 Å². The minimum absolute atomic E-state index is 0.0936. The average Bonchev–Trinajstić information content (AvgIpc) is 3.08. The molecule has 0 unspecified atom stereocenters. The minimum Gasteiger partial charge on any atom is -0.497 e. The van der Waals surface area contributed by atoms with Crippen LogP contribution in [0.3, 0.4) is 0 Å². The lowest BCUT2D eigenvalue weighted by atomic mass is 10.3. The van der Waals surface area contributed by atoms with Crippen molar-refractivity contribution in [1.82, 2.24) is 9.78 Å². The van der Waals surface area contributed by atoms with Crippen LogP contribution < -0.4 is 14.8 Å². The van der Waals surface area contributed by atoms with Crippen molar-refractivity contribution in [2.24, 2.45) is 0 Å². The maximum Gasteiger partial charge on any atom is 0.344 e. The summed E-state index contributed by atoms with van der Waals surface area (Å²) in [6.45, 7) is 5.09. The minimum atomic E-state index is -0.961. The lowest BCUT2D eigenvalue weighted by Gasteiger charge is -2.16. The highest BCUT2D eigenvalue weighted by Crippen LogP contribution is 2.17. The van der Waals surface area contributed by atoms with E-state index in [0.29, 0.717) is 17.3 Å². The lowest BCUT2D eigenvalue weighted by molar-refractivity contribution is -0.155. The Labute approximate surface area is 152 Å². The molecular weight excluding hydrogens is 338 g/mol. The molecule has 0 saturated carbocycles. The monoisotopic (exact) mass is 361 g/mol. The molecule has 0 radical (unpaired) electrons. The smallest absolute Gasteiger partial charge is 0.344 e. The molecule has 1 N–H and O–H groups in total. The SMILES string of the molecule is COc1ccc(OCC(=O)O[C@H](C)C(=O)Nc2ccnn2C(C)C)cc1. The number of rotatable bonds is 8. The predicted octanol–water partition coefficient (Wildman–Crippen LogP) is 2.42. The van der Waals surface area contributed by atoms with Crippen LogP contribution in [0.2, 0.25) is 0 Å². The molecule has 1 aromatic carbocycles. The van der Waals surface area contributed by atoms with Crippen LogP contribution in [0.4, 0.5) is 5.82 Å². The molecular formula is C18H23N3O5. The summed E-state index contributed by atoms with van der Waals surface area (Å²) in [5.74, 6) is 0.653. The molecule has 1 aromatic heterocycles. The molecule has 140 valence electrons. The van der Waals surface area contributed by atoms with E-state index in [9.17, 15) is 9.59 Å². The first-order valence-corrected chi connectivity index (χ1v) is 8.21. The number of nitrogens with zero attached hydrogens (tertiary/aromatic N) is 2. The van der Waals surface area contributed by atoms with Crippen molar-refractivity contribution in [3.63, 3.8) is 0 Å². The van der Waals surface area contributed by atoms with Crippen LogP contribution in [0.1, 0.15) is 26.8 Å². The van der Waals surface area contributed by atoms with Gasteiger partial charge in [-0.1, -0.05) is 0 Å². The molecule has 0 aliphatic rings. The summed E-state index contributed by atoms with van der Waals surface area (Å²) < 4.78 is 17.1. The summed E-state index contributed by atoms with van der Waals surface area (Å²) in [6.07, 6.45) is 0.632. The standard InChI is InChI=1S/C18H23N3O5/c1-12(2)21-16(9-10-19-21)20-18(23)13(3)26-17(22)11-25-15-7-5-14(24-4)6-8-15/h5-10,12-13H,11H2,1-4H3,(H,20,23)/t13-/m1/s1. The summed E-state index contributed by atoms with van der Waals surface area (Å²) in [5, 5.41) is 6.82. The average molecular weight is 361 g/mol. The van der Waals surface area contributed by atoms with E-state index in [1.165, 1.54) is 6.92 Å². The highest BCUT2D eigenvalue weighted by molar-refractivity contribution is 5.94. The maximum atomic E-state index is 12.2. The largest absolute Gasteiger partial charge is 0.497 e. The van der Waals surface area contributed by atoms with Gasteiger partial charge in [0.1, 0.15) is 17.3 Å². The number of methoxy groups -OCH3 is 1. The number of carbonyl (C=O) groups excluding carboxylic acids is 2. The van der Waals surface area contributed by atoms with E-state index >= 15 is 0 Å². The number of benzene rings is 1. The first-order valence-electron chi connectivity index (χ1n) is 8.21. The number of esters is 1. The molecule has 26 heavy (non-hydrogen) atoms. The summed E-state index contributed by atoms with van der Waals surface area (Å²) >= 11 is 0. The molecule has 1 heterocycles. The van der Waals surface area contributed by atoms with Gasteiger partial charge in [0.2, 0.25) is 0 Å². The van der Waals surface area contributed by atoms with Gasteiger partial charge in [-0.3, -0.25) is 4.79 Å². The van der Waals surface area contributed by atoms with E-state index < -0.39 is 18.0 Å². The molecule has 0 aliphatic heterocycles. The second-order valence-electron chi connectivity index (χ2n) is 5.84. The molecule has 0 saturated heterocycles. The summed E-state index contributed by atoms with van der Waals surface area (Å²) in [5.41, 5.74) is 0. The summed E-state index contributed by atoms with van der Waals surface area (Å²) in [7, 11) is 1.56. The zero-order valence-electron chi connectivity index (χ0n) is 15.3. The third-order valence-electron chi connectivity index (χ3n) is 3.50. The molecule has 1 amide bonds. The van der Waals surface area contributed by atoms with Gasteiger partial charge in [-0.05, 0) is 45.0 Å². The number of ether oxygens (including phenoxy) is 3. The number of anilines is 1. The van der Waals surface area contributed by atoms with Crippen molar-refractivity contribution in [3.05, 3.63) is 36.5 Å². The van der Waals surface area contributed by atoms with Gasteiger partial charge >= 0.3 is 5.97 Å². The Morgan fingerprint density at radius 2 is 1.77 bits per heavy atom. The topological polar surface area (TPSA) is 91.7 Å². The van der Waals surface area contributed by atoms with Gasteiger partial charge in [-0.2, -0.15) is 5.10 Å². The van der Waals surface area contributed by atoms with Crippen LogP contribution in [0.15, 0.2) is 36.5 Å². The van der Waals surface area contributed by atoms with Gasteiger partial charge in [0.05, 0.1) is 13.3 Å². The third kappa shape index (κ3) is 5.23. The van der Waals surface area contributed by atoms with Gasteiger partial charge in [0, 0.05) is 12.1 Å². The molecule has 0 fully saturated rings. The Hall–Kier alpha value is -3.03. The second-order valence-corrected chi connectivity index (χ2v) is 5.84. The lowest BCUT2D eigenvalue weighted by Crippen LogP contribution is -2.32. The quantitative estimate of drug-likeness (QED) is 0.726. The number of hydrogen-bond donors (Lipinski definition) is 1. The fourth-order valence-corrected chi connectivity index (χ4v) is 2.15. The van der Waals surface area contributed by atoms with E-state index in [0.717, 1.165) is 0 Å². The van der Waals surface area contributed by atoms with Gasteiger partial charge in [0.15, 0.2) is 12.7 Å². The zero-order chi connectivity index (χ0) is 19.1. The first kappa shape index (κ1) is 19.3. The van der Waals surface area contributed by atoms with E-state index in [2.05, 4.69) is 10.4 Å². The molecule has 0 aliphatic carbocycles. The fraction of sp³-hybridized carbons (Fsp3) is 0.389. The molecule has 1 atom stereocenters. The molecule has 8 nitrogen and oxygen atoms in total. The van der Waals surface area contributed by atoms with Crippen molar-refractivity contribution in [2.75, 3.05) is 19.0 Å². The van der Waals surface area contributed by atoms with Crippen molar-refractivity contribution < 1.29 is 23.8 Å². The Bertz CT molecular complexity index is 740. The van der Waals surface area contributed by atoms with Crippen LogP contribution in [0.25, 0.3) is 0 Å². The van der Waals surface area contributed by atoms with Crippen LogP contribution in [-0.4, -0.2) is 41.5 Å². The Kier molecular flexibility index (Phi) is 6.60. The number of aromatic nitrogens is 2. The van der Waals surface area contributed by atoms with Crippen molar-refractivity contribution in [2.45, 2.75) is 32.9 Å². The summed E-state index contributed by atoms with van der Waals surface area (Å²) in [6, 6.07) is 8.56. The van der Waals surface area contributed by atoms with Gasteiger partial charge in [-0.15, -0.1) is 0 Å². The number of nitrogens with one attached hydrogen (secondary N) is 1. The fourth-order valence-electron chi connectivity index (χ4n) is 2.15. The molecule has 8 heteroatoms. The molecule has 0 spiro atoms. The number of hydrogen-bond acceptors (Lipinski definition) is 6. The zero-order valence-corrected chi connectivity index (χ0v) is 15.3. The molecule has 0 bridgehead atoms. The van der Waals surface area contributed by atoms with E-state index in [1.807, 2.05) is 13.8 Å². The molecule has 2 aromatic rings. The third-order valence-corrected chi connectivity index (χ3v) is 3.50. The van der Waals surface area contributed by atoms with E-state index in [1.54, 1.807) is 48.3 Å². The summed E-state index contributed by atoms with van der Waals surface area (Å²) in [4.78, 5) is 24.0. The van der Waals surface area contributed by atoms with Crippen LogP contribution in [0, 0.1) is 0 Å². The van der Waals surface area contributed by atoms with Crippen LogP contribution >= 0.6 is 0 Å². The number of amides is 1. The van der Waals surface area contributed by atoms with Gasteiger partial charge < -0.3 is 19.5 Å². The molecule has 2 rings (SSSR count). The van der Waals surface area contributed by atoms with E-state index in [4.69, 9.17) is 14.2 Å². The van der Waals surface area contributed by atoms with Crippen molar-refractivity contribution in [3.8, 4) is 11.5 Å². The van der Waals surface area contributed by atoms with Crippen LogP contribution in [-0.2, 0) is 14.3 Å². The highest BCUT2D eigenvalue weighted by atomic mass is 16.6. The Morgan fingerprint density at radius 3 is 2.38 bits per heavy atom. The van der Waals surface area contributed by atoms with Crippen LogP contribution in [0.5, 0.6) is 11.5 Å². The number of carbonyl (C=O) groups is 2. The normalized spacial score (nSPS) is 11.7. The van der Waals surface area contributed by atoms with Gasteiger partial charge in [0.25, 0.3) is 5.91 Å². The highest BCUT2D eigenvalue weighted by Gasteiger charge is 2.20. The first-order chi connectivity index (χ1) is 12.4.